The van der Waals surface area contributed by atoms with Crippen LogP contribution in [0, 0.1) is 0 Å². The highest BCUT2D eigenvalue weighted by molar-refractivity contribution is 5.06. The van der Waals surface area contributed by atoms with Gasteiger partial charge in [0.25, 0.3) is 0 Å². The SMILES string of the molecule is CN(CCOc1cnc(CN)cn1)C1CC1. The van der Waals surface area contributed by atoms with Gasteiger partial charge >= 0.3 is 0 Å². The average molecular weight is 222 g/mol. The minimum absolute atomic E-state index is 0.414. The molecule has 5 nitrogen and oxygen atoms in total. The lowest BCUT2D eigenvalue weighted by Crippen LogP contribution is -2.26. The molecule has 1 fully saturated rings. The van der Waals surface area contributed by atoms with E-state index in [-0.39, 0.29) is 0 Å². The van der Waals surface area contributed by atoms with Crippen LogP contribution in [-0.4, -0.2) is 41.1 Å². The van der Waals surface area contributed by atoms with Crippen LogP contribution < -0.4 is 10.5 Å². The number of nitrogens with two attached hydrogens (primary N) is 1. The maximum absolute atomic E-state index is 5.50. The van der Waals surface area contributed by atoms with Crippen molar-refractivity contribution >= 4 is 0 Å². The van der Waals surface area contributed by atoms with Crippen LogP contribution in [0.3, 0.4) is 0 Å². The van der Waals surface area contributed by atoms with E-state index >= 15 is 0 Å². The Bertz CT molecular complexity index is 323. The molecule has 1 aliphatic carbocycles. The molecule has 88 valence electrons. The Kier molecular flexibility index (Phi) is 3.69. The third-order valence-electron chi connectivity index (χ3n) is 2.75. The minimum atomic E-state index is 0.414. The maximum Gasteiger partial charge on any atom is 0.232 e. The van der Waals surface area contributed by atoms with Gasteiger partial charge in [-0.1, -0.05) is 0 Å². The van der Waals surface area contributed by atoms with Gasteiger partial charge in [0.05, 0.1) is 18.1 Å². The molecule has 1 aromatic rings. The van der Waals surface area contributed by atoms with E-state index in [0.29, 0.717) is 19.0 Å². The first-order valence-electron chi connectivity index (χ1n) is 5.63. The molecule has 0 spiro atoms. The normalized spacial score (nSPS) is 15.4. The molecular formula is C11H18N4O. The quantitative estimate of drug-likeness (QED) is 0.755. The zero-order chi connectivity index (χ0) is 11.4. The van der Waals surface area contributed by atoms with E-state index in [2.05, 4.69) is 21.9 Å². The molecule has 5 heteroatoms. The Labute approximate surface area is 95.6 Å². The summed E-state index contributed by atoms with van der Waals surface area (Å²) in [7, 11) is 2.13. The van der Waals surface area contributed by atoms with Crippen molar-refractivity contribution < 1.29 is 4.74 Å². The number of ether oxygens (including phenoxy) is 1. The van der Waals surface area contributed by atoms with Crippen molar-refractivity contribution in [3.05, 3.63) is 18.1 Å². The molecule has 0 amide bonds. The van der Waals surface area contributed by atoms with E-state index in [1.165, 1.54) is 12.8 Å². The molecule has 2 N–H and O–H groups in total. The molecule has 0 aromatic carbocycles. The first-order valence-corrected chi connectivity index (χ1v) is 5.63. The molecule has 1 aromatic heterocycles. The summed E-state index contributed by atoms with van der Waals surface area (Å²) in [5, 5.41) is 0. The molecule has 0 bridgehead atoms. The van der Waals surface area contributed by atoms with Crippen molar-refractivity contribution in [1.82, 2.24) is 14.9 Å². The van der Waals surface area contributed by atoms with Crippen LogP contribution in [0.5, 0.6) is 5.88 Å². The first kappa shape index (κ1) is 11.3. The molecule has 1 heterocycles. The van der Waals surface area contributed by atoms with Crippen LogP contribution in [0.25, 0.3) is 0 Å². The van der Waals surface area contributed by atoms with E-state index in [4.69, 9.17) is 10.5 Å². The zero-order valence-corrected chi connectivity index (χ0v) is 9.59. The van der Waals surface area contributed by atoms with E-state index in [1.807, 2.05) is 0 Å². The van der Waals surface area contributed by atoms with Gasteiger partial charge in [-0.3, -0.25) is 4.98 Å². The summed E-state index contributed by atoms with van der Waals surface area (Å²) >= 11 is 0. The molecule has 16 heavy (non-hydrogen) atoms. The Morgan fingerprint density at radius 3 is 2.81 bits per heavy atom. The Hall–Kier alpha value is -1.20. The van der Waals surface area contributed by atoms with Gasteiger partial charge in [0.2, 0.25) is 5.88 Å². The van der Waals surface area contributed by atoms with Crippen molar-refractivity contribution in [3.63, 3.8) is 0 Å². The van der Waals surface area contributed by atoms with Crippen molar-refractivity contribution in [1.29, 1.82) is 0 Å². The van der Waals surface area contributed by atoms with Crippen molar-refractivity contribution in [2.24, 2.45) is 5.73 Å². The molecule has 0 radical (unpaired) electrons. The predicted molar refractivity (Wildman–Crippen MR) is 61.1 cm³/mol. The highest BCUT2D eigenvalue weighted by atomic mass is 16.5. The Morgan fingerprint density at radius 2 is 2.25 bits per heavy atom. The topological polar surface area (TPSA) is 64.3 Å². The third kappa shape index (κ3) is 3.15. The van der Waals surface area contributed by atoms with Gasteiger partial charge in [0, 0.05) is 19.1 Å². The Morgan fingerprint density at radius 1 is 1.44 bits per heavy atom. The number of nitrogens with zero attached hydrogens (tertiary/aromatic N) is 3. The van der Waals surface area contributed by atoms with E-state index in [9.17, 15) is 0 Å². The maximum atomic E-state index is 5.50. The standard InChI is InChI=1S/C11H18N4O/c1-15(10-2-3-10)4-5-16-11-8-13-9(6-12)7-14-11/h7-8,10H,2-6,12H2,1H3. The van der Waals surface area contributed by atoms with Crippen molar-refractivity contribution in [2.45, 2.75) is 25.4 Å². The highest BCUT2D eigenvalue weighted by Crippen LogP contribution is 2.24. The van der Waals surface area contributed by atoms with E-state index < -0.39 is 0 Å². The Balaban J connectivity index is 1.71. The lowest BCUT2D eigenvalue weighted by atomic mass is 10.4. The predicted octanol–water partition coefficient (Wildman–Crippen LogP) is 0.408. The molecule has 0 aliphatic heterocycles. The van der Waals surface area contributed by atoms with Gasteiger partial charge in [-0.2, -0.15) is 0 Å². The largest absolute Gasteiger partial charge is 0.475 e. The summed E-state index contributed by atoms with van der Waals surface area (Å²) in [5.74, 6) is 0.571. The summed E-state index contributed by atoms with van der Waals surface area (Å²) in [6.45, 7) is 2.01. The fourth-order valence-electron chi connectivity index (χ4n) is 1.51. The summed E-state index contributed by atoms with van der Waals surface area (Å²) in [6, 6.07) is 0.773. The highest BCUT2D eigenvalue weighted by Gasteiger charge is 2.25. The van der Waals surface area contributed by atoms with Crippen LogP contribution >= 0.6 is 0 Å². The summed E-state index contributed by atoms with van der Waals surface area (Å²) in [6.07, 6.45) is 5.92. The smallest absolute Gasteiger partial charge is 0.232 e. The van der Waals surface area contributed by atoms with E-state index in [1.54, 1.807) is 12.4 Å². The second-order valence-corrected chi connectivity index (χ2v) is 4.11. The average Bonchev–Trinajstić information content (AvgIpc) is 3.14. The lowest BCUT2D eigenvalue weighted by Gasteiger charge is -2.15. The number of rotatable bonds is 6. The van der Waals surface area contributed by atoms with Crippen LogP contribution in [0.2, 0.25) is 0 Å². The minimum Gasteiger partial charge on any atom is -0.475 e. The molecule has 0 unspecified atom stereocenters. The molecular weight excluding hydrogens is 204 g/mol. The van der Waals surface area contributed by atoms with E-state index in [0.717, 1.165) is 18.3 Å². The van der Waals surface area contributed by atoms with Gasteiger partial charge in [0.15, 0.2) is 0 Å². The third-order valence-corrected chi connectivity index (χ3v) is 2.75. The zero-order valence-electron chi connectivity index (χ0n) is 9.59. The molecule has 2 rings (SSSR count). The molecule has 0 atom stereocenters. The van der Waals surface area contributed by atoms with Gasteiger partial charge < -0.3 is 15.4 Å². The summed E-state index contributed by atoms with van der Waals surface area (Å²) in [4.78, 5) is 10.6. The summed E-state index contributed by atoms with van der Waals surface area (Å²) < 4.78 is 5.50. The number of hydrogen-bond acceptors (Lipinski definition) is 5. The number of aromatic nitrogens is 2. The second kappa shape index (κ2) is 5.23. The lowest BCUT2D eigenvalue weighted by molar-refractivity contribution is 0.226. The van der Waals surface area contributed by atoms with Crippen molar-refractivity contribution in [3.8, 4) is 5.88 Å². The van der Waals surface area contributed by atoms with Gasteiger partial charge in [-0.25, -0.2) is 4.98 Å². The molecule has 0 saturated heterocycles. The van der Waals surface area contributed by atoms with Crippen LogP contribution in [0.15, 0.2) is 12.4 Å². The fourth-order valence-corrected chi connectivity index (χ4v) is 1.51. The molecule has 1 aliphatic rings. The number of hydrogen-bond donors (Lipinski definition) is 1. The monoisotopic (exact) mass is 222 g/mol. The fraction of sp³-hybridized carbons (Fsp3) is 0.636. The first-order chi connectivity index (χ1) is 7.79. The molecule has 1 saturated carbocycles. The van der Waals surface area contributed by atoms with Gasteiger partial charge in [-0.15, -0.1) is 0 Å². The van der Waals surface area contributed by atoms with Crippen LogP contribution in [-0.2, 0) is 6.54 Å². The van der Waals surface area contributed by atoms with Crippen LogP contribution in [0.1, 0.15) is 18.5 Å². The van der Waals surface area contributed by atoms with Gasteiger partial charge in [0.1, 0.15) is 6.61 Å². The summed E-state index contributed by atoms with van der Waals surface area (Å²) in [5.41, 5.74) is 6.21. The second-order valence-electron chi connectivity index (χ2n) is 4.11. The van der Waals surface area contributed by atoms with Crippen molar-refractivity contribution in [2.75, 3.05) is 20.2 Å². The number of likely N-dealkylation sites (N-methyl/N-ethyl adjacent to an activating group) is 1. The van der Waals surface area contributed by atoms with Crippen LogP contribution in [0.4, 0.5) is 0 Å². The van der Waals surface area contributed by atoms with Gasteiger partial charge in [-0.05, 0) is 19.9 Å².